The number of likely N-dealkylation sites (tertiary alicyclic amines) is 1. The Kier molecular flexibility index (Phi) is 6.38. The lowest BCUT2D eigenvalue weighted by Gasteiger charge is -2.29. The molecule has 0 amide bonds. The molecule has 0 spiro atoms. The molecule has 10 heteroatoms. The van der Waals surface area contributed by atoms with Crippen molar-refractivity contribution in [1.82, 2.24) is 19.9 Å². The van der Waals surface area contributed by atoms with Crippen molar-refractivity contribution in [2.75, 3.05) is 32.6 Å². The first-order valence-electron chi connectivity index (χ1n) is 10.7. The van der Waals surface area contributed by atoms with E-state index in [0.717, 1.165) is 37.6 Å². The number of pyridine rings is 1. The van der Waals surface area contributed by atoms with Crippen molar-refractivity contribution in [3.05, 3.63) is 53.1 Å². The molecular weight excluding hydrogens is 438 g/mol. The molecule has 1 atom stereocenters. The molecule has 1 aliphatic rings. The molecule has 1 aromatic carbocycles. The summed E-state index contributed by atoms with van der Waals surface area (Å²) >= 11 is 0. The van der Waals surface area contributed by atoms with Crippen LogP contribution in [-0.2, 0) is 6.18 Å². The van der Waals surface area contributed by atoms with Gasteiger partial charge in [-0.2, -0.15) is 18.2 Å². The third-order valence-corrected chi connectivity index (χ3v) is 6.12. The van der Waals surface area contributed by atoms with Gasteiger partial charge in [0.2, 0.25) is 5.88 Å². The van der Waals surface area contributed by atoms with Crippen molar-refractivity contribution >= 4 is 16.9 Å². The highest BCUT2D eigenvalue weighted by Gasteiger charge is 2.35. The first kappa shape index (κ1) is 23.2. The standard InChI is InChI=1S/C23H25F4N5O/c1-13(15-5-4-6-18(19(15)24)23(25,26)27)30-20-17-11-16(14-7-9-32(2)10-8-14)22(33-3)31-21(17)29-12-28-20/h4-6,11-14H,7-10H2,1-3H3,(H,28,29,30,31)/t13-/m1/s1. The highest BCUT2D eigenvalue weighted by Crippen LogP contribution is 2.37. The Labute approximate surface area is 189 Å². The van der Waals surface area contributed by atoms with Crippen LogP contribution in [-0.4, -0.2) is 47.1 Å². The van der Waals surface area contributed by atoms with Crippen LogP contribution in [0.2, 0.25) is 0 Å². The number of nitrogens with one attached hydrogen (secondary N) is 1. The number of alkyl halides is 3. The molecule has 1 N–H and O–H groups in total. The van der Waals surface area contributed by atoms with Crippen LogP contribution < -0.4 is 10.1 Å². The lowest BCUT2D eigenvalue weighted by atomic mass is 9.89. The zero-order chi connectivity index (χ0) is 23.8. The maximum absolute atomic E-state index is 14.6. The molecule has 0 aliphatic carbocycles. The monoisotopic (exact) mass is 463 g/mol. The van der Waals surface area contributed by atoms with E-state index in [0.29, 0.717) is 22.7 Å². The van der Waals surface area contributed by atoms with E-state index in [2.05, 4.69) is 32.2 Å². The van der Waals surface area contributed by atoms with Crippen molar-refractivity contribution < 1.29 is 22.3 Å². The number of rotatable bonds is 5. The van der Waals surface area contributed by atoms with Gasteiger partial charge in [0.05, 0.1) is 24.1 Å². The maximum Gasteiger partial charge on any atom is 0.419 e. The predicted molar refractivity (Wildman–Crippen MR) is 117 cm³/mol. The smallest absolute Gasteiger partial charge is 0.419 e. The molecule has 3 aromatic rings. The Balaban J connectivity index is 1.71. The quantitative estimate of drug-likeness (QED) is 0.527. The number of piperidine rings is 1. The fourth-order valence-corrected chi connectivity index (χ4v) is 4.26. The summed E-state index contributed by atoms with van der Waals surface area (Å²) in [7, 11) is 3.64. The van der Waals surface area contributed by atoms with Gasteiger partial charge in [-0.25, -0.2) is 14.4 Å². The van der Waals surface area contributed by atoms with Gasteiger partial charge in [0, 0.05) is 11.1 Å². The normalized spacial score (nSPS) is 16.7. The number of fused-ring (bicyclic) bond motifs is 1. The Morgan fingerprint density at radius 1 is 1.18 bits per heavy atom. The van der Waals surface area contributed by atoms with Crippen LogP contribution in [0.4, 0.5) is 23.4 Å². The number of halogens is 4. The summed E-state index contributed by atoms with van der Waals surface area (Å²) in [5.74, 6) is -0.179. The lowest BCUT2D eigenvalue weighted by Crippen LogP contribution is -2.29. The highest BCUT2D eigenvalue weighted by atomic mass is 19.4. The fraction of sp³-hybridized carbons (Fsp3) is 0.435. The summed E-state index contributed by atoms with van der Waals surface area (Å²) < 4.78 is 59.6. The van der Waals surface area contributed by atoms with E-state index in [9.17, 15) is 17.6 Å². The third-order valence-electron chi connectivity index (χ3n) is 6.12. The average molecular weight is 463 g/mol. The summed E-state index contributed by atoms with van der Waals surface area (Å²) in [6.07, 6.45) is -1.57. The van der Waals surface area contributed by atoms with Crippen LogP contribution in [0.3, 0.4) is 0 Å². The minimum atomic E-state index is -4.77. The van der Waals surface area contributed by atoms with Crippen LogP contribution >= 0.6 is 0 Å². The van der Waals surface area contributed by atoms with Gasteiger partial charge in [0.25, 0.3) is 0 Å². The SMILES string of the molecule is COc1nc2ncnc(N[C@H](C)c3cccc(C(F)(F)F)c3F)c2cc1C1CCN(C)CC1. The summed E-state index contributed by atoms with van der Waals surface area (Å²) in [5, 5.41) is 3.65. The fourth-order valence-electron chi connectivity index (χ4n) is 4.26. The van der Waals surface area contributed by atoms with E-state index in [1.54, 1.807) is 14.0 Å². The van der Waals surface area contributed by atoms with Gasteiger partial charge in [-0.15, -0.1) is 0 Å². The zero-order valence-electron chi connectivity index (χ0n) is 18.6. The third kappa shape index (κ3) is 4.71. The van der Waals surface area contributed by atoms with Crippen LogP contribution in [0.5, 0.6) is 5.88 Å². The van der Waals surface area contributed by atoms with Crippen LogP contribution in [0, 0.1) is 5.82 Å². The van der Waals surface area contributed by atoms with E-state index >= 15 is 0 Å². The molecule has 4 rings (SSSR count). The molecule has 6 nitrogen and oxygen atoms in total. The van der Waals surface area contributed by atoms with E-state index < -0.39 is 23.6 Å². The highest BCUT2D eigenvalue weighted by molar-refractivity contribution is 5.87. The average Bonchev–Trinajstić information content (AvgIpc) is 2.78. The largest absolute Gasteiger partial charge is 0.481 e. The van der Waals surface area contributed by atoms with Gasteiger partial charge in [-0.1, -0.05) is 12.1 Å². The number of nitrogens with zero attached hydrogens (tertiary/aromatic N) is 4. The topological polar surface area (TPSA) is 63.2 Å². The molecule has 0 saturated carbocycles. The number of ether oxygens (including phenoxy) is 1. The van der Waals surface area contributed by atoms with Gasteiger partial charge in [-0.05, 0) is 58.0 Å². The molecular formula is C23H25F4N5O. The van der Waals surface area contributed by atoms with Crippen molar-refractivity contribution in [3.8, 4) is 5.88 Å². The Hall–Kier alpha value is -3.01. The first-order valence-corrected chi connectivity index (χ1v) is 10.7. The second kappa shape index (κ2) is 9.09. The van der Waals surface area contributed by atoms with Gasteiger partial charge in [-0.3, -0.25) is 0 Å². The Morgan fingerprint density at radius 3 is 2.58 bits per heavy atom. The number of aromatic nitrogens is 3. The molecule has 1 fully saturated rings. The maximum atomic E-state index is 14.6. The van der Waals surface area contributed by atoms with E-state index in [-0.39, 0.29) is 11.5 Å². The minimum Gasteiger partial charge on any atom is -0.481 e. The molecule has 33 heavy (non-hydrogen) atoms. The Morgan fingerprint density at radius 2 is 1.91 bits per heavy atom. The van der Waals surface area contributed by atoms with Crippen LogP contribution in [0.25, 0.3) is 11.0 Å². The van der Waals surface area contributed by atoms with Gasteiger partial charge >= 0.3 is 6.18 Å². The second-order valence-electron chi connectivity index (χ2n) is 8.33. The van der Waals surface area contributed by atoms with E-state index in [1.165, 1.54) is 18.5 Å². The van der Waals surface area contributed by atoms with Crippen molar-refractivity contribution in [1.29, 1.82) is 0 Å². The zero-order valence-corrected chi connectivity index (χ0v) is 18.6. The number of benzene rings is 1. The summed E-state index contributed by atoms with van der Waals surface area (Å²) in [4.78, 5) is 15.3. The molecule has 1 saturated heterocycles. The van der Waals surface area contributed by atoms with Crippen molar-refractivity contribution in [3.63, 3.8) is 0 Å². The molecule has 0 bridgehead atoms. The minimum absolute atomic E-state index is 0.103. The molecule has 176 valence electrons. The molecule has 1 aliphatic heterocycles. The molecule has 0 unspecified atom stereocenters. The second-order valence-corrected chi connectivity index (χ2v) is 8.33. The molecule has 3 heterocycles. The molecule has 2 aromatic heterocycles. The van der Waals surface area contributed by atoms with Gasteiger partial charge < -0.3 is 15.0 Å². The van der Waals surface area contributed by atoms with Crippen molar-refractivity contribution in [2.45, 2.75) is 37.9 Å². The van der Waals surface area contributed by atoms with E-state index in [1.807, 2.05) is 6.07 Å². The predicted octanol–water partition coefficient (Wildman–Crippen LogP) is 5.17. The lowest BCUT2D eigenvalue weighted by molar-refractivity contribution is -0.140. The number of hydrogen-bond acceptors (Lipinski definition) is 6. The van der Waals surface area contributed by atoms with E-state index in [4.69, 9.17) is 4.74 Å². The first-order chi connectivity index (χ1) is 15.7. The number of methoxy groups -OCH3 is 1. The van der Waals surface area contributed by atoms with Gasteiger partial charge in [0.15, 0.2) is 5.65 Å². The summed E-state index contributed by atoms with van der Waals surface area (Å²) in [5.41, 5.74) is -0.0719. The summed E-state index contributed by atoms with van der Waals surface area (Å²) in [6.45, 7) is 3.49. The van der Waals surface area contributed by atoms with Crippen molar-refractivity contribution in [2.24, 2.45) is 0 Å². The van der Waals surface area contributed by atoms with Crippen LogP contribution in [0.1, 0.15) is 48.4 Å². The molecule has 0 radical (unpaired) electrons. The van der Waals surface area contributed by atoms with Gasteiger partial charge in [0.1, 0.15) is 18.0 Å². The number of anilines is 1. The van der Waals surface area contributed by atoms with Crippen LogP contribution in [0.15, 0.2) is 30.6 Å². The number of hydrogen-bond donors (Lipinski definition) is 1. The Bertz CT molecular complexity index is 1150. The summed E-state index contributed by atoms with van der Waals surface area (Å²) in [6, 6.07) is 4.41.